The van der Waals surface area contributed by atoms with Crippen molar-refractivity contribution >= 4 is 11.7 Å². The third-order valence-electron chi connectivity index (χ3n) is 6.95. The Morgan fingerprint density at radius 3 is 2.58 bits per heavy atom. The number of rotatable bonds is 5. The fourth-order valence-electron chi connectivity index (χ4n) is 5.42. The van der Waals surface area contributed by atoms with Gasteiger partial charge < -0.3 is 25.0 Å². The van der Waals surface area contributed by atoms with Crippen LogP contribution in [0.3, 0.4) is 0 Å². The highest BCUT2D eigenvalue weighted by Crippen LogP contribution is 2.49. The third-order valence-corrected chi connectivity index (χ3v) is 6.95. The zero-order valence-corrected chi connectivity index (χ0v) is 18.9. The van der Waals surface area contributed by atoms with Crippen molar-refractivity contribution < 1.29 is 27.4 Å². The van der Waals surface area contributed by atoms with Crippen LogP contribution in [0.15, 0.2) is 30.3 Å². The number of carbonyl (C=O) groups excluding carboxylic acids is 1. The van der Waals surface area contributed by atoms with Gasteiger partial charge in [-0.25, -0.2) is 18.0 Å². The predicted molar refractivity (Wildman–Crippen MR) is 118 cm³/mol. The van der Waals surface area contributed by atoms with Crippen molar-refractivity contribution in [1.29, 1.82) is 0 Å². The molecule has 4 rings (SSSR count). The molecule has 1 heterocycles. The fourth-order valence-corrected chi connectivity index (χ4v) is 5.42. The molecule has 2 amide bonds. The van der Waals surface area contributed by atoms with Crippen molar-refractivity contribution in [2.24, 2.45) is 5.92 Å². The van der Waals surface area contributed by atoms with Gasteiger partial charge in [0.2, 0.25) is 0 Å². The molecule has 6 nitrogen and oxygen atoms in total. The Balaban J connectivity index is 1.48. The summed E-state index contributed by atoms with van der Waals surface area (Å²) in [7, 11) is 5.31. The number of likely N-dealkylation sites (tertiary alicyclic amines) is 1. The highest BCUT2D eigenvalue weighted by Gasteiger charge is 2.50. The number of ether oxygens (including phenoxy) is 2. The molecule has 0 radical (unpaired) electrons. The van der Waals surface area contributed by atoms with Gasteiger partial charge in [-0.15, -0.1) is 0 Å². The second-order valence-corrected chi connectivity index (χ2v) is 8.91. The number of anilines is 1. The summed E-state index contributed by atoms with van der Waals surface area (Å²) in [5.74, 6) is -2.68. The molecule has 2 aliphatic rings. The number of benzene rings is 2. The highest BCUT2D eigenvalue weighted by atomic mass is 19.2. The van der Waals surface area contributed by atoms with E-state index in [1.54, 1.807) is 14.2 Å². The number of carbonyl (C=O) groups is 1. The minimum atomic E-state index is -1.61. The summed E-state index contributed by atoms with van der Waals surface area (Å²) < 4.78 is 51.4. The molecular formula is C24H28F3N3O3. The number of methoxy groups -OCH3 is 2. The van der Waals surface area contributed by atoms with E-state index in [4.69, 9.17) is 9.47 Å². The minimum absolute atomic E-state index is 0.0743. The van der Waals surface area contributed by atoms with Gasteiger partial charge in [0.15, 0.2) is 29.0 Å². The molecule has 2 aromatic carbocycles. The highest BCUT2D eigenvalue weighted by molar-refractivity contribution is 5.89. The first-order chi connectivity index (χ1) is 15.8. The molecule has 2 aromatic rings. The summed E-state index contributed by atoms with van der Waals surface area (Å²) >= 11 is 0. The van der Waals surface area contributed by atoms with E-state index < -0.39 is 29.2 Å². The van der Waals surface area contributed by atoms with Crippen LogP contribution < -0.4 is 20.1 Å². The van der Waals surface area contributed by atoms with Gasteiger partial charge in [-0.1, -0.05) is 6.07 Å². The lowest BCUT2D eigenvalue weighted by molar-refractivity contribution is 0.197. The van der Waals surface area contributed by atoms with Gasteiger partial charge in [0.05, 0.1) is 19.9 Å². The van der Waals surface area contributed by atoms with Crippen LogP contribution in [0.2, 0.25) is 0 Å². The summed E-state index contributed by atoms with van der Waals surface area (Å²) in [6.07, 6.45) is 2.32. The molecule has 2 N–H and O–H groups in total. The number of likely N-dealkylation sites (N-methyl/N-ethyl adjacent to an activating group) is 1. The number of amides is 2. The first kappa shape index (κ1) is 23.2. The maximum absolute atomic E-state index is 13.9. The molecule has 1 aliphatic carbocycles. The Kier molecular flexibility index (Phi) is 6.43. The van der Waals surface area contributed by atoms with E-state index in [2.05, 4.69) is 28.6 Å². The van der Waals surface area contributed by atoms with Crippen LogP contribution in [0.5, 0.6) is 11.5 Å². The first-order valence-corrected chi connectivity index (χ1v) is 10.9. The van der Waals surface area contributed by atoms with Gasteiger partial charge >= 0.3 is 6.03 Å². The van der Waals surface area contributed by atoms with Gasteiger partial charge in [-0.2, -0.15) is 0 Å². The fraction of sp³-hybridized carbons (Fsp3) is 0.458. The lowest BCUT2D eigenvalue weighted by Gasteiger charge is -2.42. The van der Waals surface area contributed by atoms with Crippen LogP contribution in [0.1, 0.15) is 24.8 Å². The molecule has 178 valence electrons. The molecule has 0 aromatic heterocycles. The van der Waals surface area contributed by atoms with Gasteiger partial charge in [-0.05, 0) is 62.1 Å². The molecule has 9 heteroatoms. The van der Waals surface area contributed by atoms with Crippen molar-refractivity contribution in [1.82, 2.24) is 10.2 Å². The molecule has 1 aliphatic heterocycles. The molecule has 0 bridgehead atoms. The van der Waals surface area contributed by atoms with Crippen molar-refractivity contribution in [3.05, 3.63) is 53.3 Å². The van der Waals surface area contributed by atoms with Crippen LogP contribution in [0.25, 0.3) is 0 Å². The quantitative estimate of drug-likeness (QED) is 0.650. The van der Waals surface area contributed by atoms with E-state index in [1.165, 1.54) is 5.56 Å². The van der Waals surface area contributed by atoms with E-state index in [0.29, 0.717) is 17.4 Å². The molecule has 3 atom stereocenters. The van der Waals surface area contributed by atoms with Crippen LogP contribution in [-0.2, 0) is 5.41 Å². The standard InChI is InChI=1S/C24H28F3N3O3/c1-30-12-15-10-16(28-23(31)29-18-6-5-17(25)21(26)22(18)27)8-9-24(15,13-30)14-4-7-19(32-2)20(11-14)33-3/h4-7,11,15-16H,8-10,12-13H2,1-3H3,(H2,28,29,31)/t15-,16+,24-/m1/s1. The van der Waals surface area contributed by atoms with Crippen LogP contribution >= 0.6 is 0 Å². The second-order valence-electron chi connectivity index (χ2n) is 8.91. The number of hydrogen-bond acceptors (Lipinski definition) is 4. The van der Waals surface area contributed by atoms with Gasteiger partial charge in [0, 0.05) is 24.5 Å². The molecule has 1 saturated heterocycles. The normalized spacial score (nSPS) is 24.8. The minimum Gasteiger partial charge on any atom is -0.493 e. The average molecular weight is 464 g/mol. The van der Waals surface area contributed by atoms with Gasteiger partial charge in [0.1, 0.15) is 0 Å². The molecule has 0 unspecified atom stereocenters. The number of hydrogen-bond donors (Lipinski definition) is 2. The Morgan fingerprint density at radius 2 is 1.85 bits per heavy atom. The van der Waals surface area contributed by atoms with Crippen LogP contribution in [-0.4, -0.2) is 51.3 Å². The SMILES string of the molecule is COc1ccc([C@]23CC[C@H](NC(=O)Nc4ccc(F)c(F)c4F)C[C@@H]2CN(C)C3)cc1OC. The van der Waals surface area contributed by atoms with E-state index in [0.717, 1.165) is 44.5 Å². The smallest absolute Gasteiger partial charge is 0.319 e. The number of halogens is 3. The molecular weight excluding hydrogens is 435 g/mol. The molecule has 0 spiro atoms. The Morgan fingerprint density at radius 1 is 1.09 bits per heavy atom. The number of fused-ring (bicyclic) bond motifs is 1. The summed E-state index contributed by atoms with van der Waals surface area (Å²) in [6, 6.07) is 7.06. The van der Waals surface area contributed by atoms with E-state index in [1.807, 2.05) is 12.1 Å². The summed E-state index contributed by atoms with van der Waals surface area (Å²) in [5.41, 5.74) is 0.707. The lowest BCUT2D eigenvalue weighted by Crippen LogP contribution is -2.48. The van der Waals surface area contributed by atoms with E-state index >= 15 is 0 Å². The third kappa shape index (κ3) is 4.34. The number of nitrogens with zero attached hydrogens (tertiary/aromatic N) is 1. The van der Waals surface area contributed by atoms with Crippen LogP contribution in [0.4, 0.5) is 23.7 Å². The maximum Gasteiger partial charge on any atom is 0.319 e. The first-order valence-electron chi connectivity index (χ1n) is 10.9. The van der Waals surface area contributed by atoms with Crippen molar-refractivity contribution in [2.75, 3.05) is 39.7 Å². The summed E-state index contributed by atoms with van der Waals surface area (Å²) in [6.45, 7) is 1.78. The van der Waals surface area contributed by atoms with Crippen LogP contribution in [0, 0.1) is 23.4 Å². The second kappa shape index (κ2) is 9.13. The van der Waals surface area contributed by atoms with Crippen molar-refractivity contribution in [3.8, 4) is 11.5 Å². The van der Waals surface area contributed by atoms with Crippen molar-refractivity contribution in [2.45, 2.75) is 30.7 Å². The summed E-state index contributed by atoms with van der Waals surface area (Å²) in [4.78, 5) is 14.7. The maximum atomic E-state index is 13.9. The predicted octanol–water partition coefficient (Wildman–Crippen LogP) is 4.29. The molecule has 33 heavy (non-hydrogen) atoms. The Labute approximate surface area is 191 Å². The topological polar surface area (TPSA) is 62.8 Å². The van der Waals surface area contributed by atoms with Crippen molar-refractivity contribution in [3.63, 3.8) is 0 Å². The summed E-state index contributed by atoms with van der Waals surface area (Å²) in [5, 5.41) is 5.16. The van der Waals surface area contributed by atoms with E-state index in [-0.39, 0.29) is 11.5 Å². The molecule has 1 saturated carbocycles. The monoisotopic (exact) mass is 463 g/mol. The number of urea groups is 1. The zero-order valence-electron chi connectivity index (χ0n) is 18.9. The Bertz CT molecular complexity index is 1050. The number of nitrogens with one attached hydrogen (secondary N) is 2. The molecule has 2 fully saturated rings. The Hall–Kier alpha value is -2.94. The largest absolute Gasteiger partial charge is 0.493 e. The van der Waals surface area contributed by atoms with E-state index in [9.17, 15) is 18.0 Å². The average Bonchev–Trinajstić information content (AvgIpc) is 3.15. The van der Waals surface area contributed by atoms with Gasteiger partial charge in [-0.3, -0.25) is 0 Å². The lowest BCUT2D eigenvalue weighted by atomic mass is 9.63. The van der Waals surface area contributed by atoms with Gasteiger partial charge in [0.25, 0.3) is 0 Å². The zero-order chi connectivity index (χ0) is 23.8.